The topological polar surface area (TPSA) is 69.6 Å². The van der Waals surface area contributed by atoms with Gasteiger partial charge in [0.2, 0.25) is 0 Å². The van der Waals surface area contributed by atoms with Crippen LogP contribution in [0.5, 0.6) is 0 Å². The predicted molar refractivity (Wildman–Crippen MR) is 64.9 cm³/mol. The van der Waals surface area contributed by atoms with E-state index in [4.69, 9.17) is 5.11 Å². The summed E-state index contributed by atoms with van der Waals surface area (Å²) < 4.78 is 0. The Balaban J connectivity index is 2.46. The molecule has 2 atom stereocenters. The van der Waals surface area contributed by atoms with Gasteiger partial charge in [-0.15, -0.1) is 0 Å². The maximum absolute atomic E-state index is 11.9. The molecule has 2 N–H and O–H groups in total. The fourth-order valence-corrected chi connectivity index (χ4v) is 2.32. The zero-order valence-electron chi connectivity index (χ0n) is 10.6. The van der Waals surface area contributed by atoms with Gasteiger partial charge in [-0.25, -0.2) is 4.79 Å². The number of nitrogens with zero attached hydrogens (tertiary/aromatic N) is 1. The van der Waals surface area contributed by atoms with E-state index in [1.165, 1.54) is 0 Å². The van der Waals surface area contributed by atoms with Crippen molar-refractivity contribution < 1.29 is 14.7 Å². The van der Waals surface area contributed by atoms with Crippen LogP contribution in [0.2, 0.25) is 0 Å². The first-order chi connectivity index (χ1) is 8.04. The average Bonchev–Trinajstić information content (AvgIpc) is 2.65. The molecule has 17 heavy (non-hydrogen) atoms. The van der Waals surface area contributed by atoms with E-state index in [0.717, 1.165) is 25.7 Å². The summed E-state index contributed by atoms with van der Waals surface area (Å²) in [6, 6.07) is -0.102. The molecule has 0 bridgehead atoms. The standard InChI is InChI=1S/C12H22N2O3/c1-3-5-9(2)13-12(17)14-7-4-6-10(14)8-11(15)16/h9-10H,3-8H2,1-2H3,(H,13,17)(H,15,16). The predicted octanol–water partition coefficient (Wildman–Crippen LogP) is 1.82. The Hall–Kier alpha value is -1.26. The molecular formula is C12H22N2O3. The molecule has 0 aromatic carbocycles. The van der Waals surface area contributed by atoms with Crippen LogP contribution in [-0.2, 0) is 4.79 Å². The van der Waals surface area contributed by atoms with E-state index in [1.54, 1.807) is 4.90 Å². The summed E-state index contributed by atoms with van der Waals surface area (Å²) in [5, 5.41) is 11.7. The maximum atomic E-state index is 11.9. The summed E-state index contributed by atoms with van der Waals surface area (Å²) in [4.78, 5) is 24.3. The van der Waals surface area contributed by atoms with Crippen LogP contribution in [0.15, 0.2) is 0 Å². The molecule has 0 saturated carbocycles. The third-order valence-electron chi connectivity index (χ3n) is 3.14. The molecule has 5 heteroatoms. The molecule has 0 spiro atoms. The fourth-order valence-electron chi connectivity index (χ4n) is 2.32. The van der Waals surface area contributed by atoms with Crippen molar-refractivity contribution in [2.75, 3.05) is 6.54 Å². The number of likely N-dealkylation sites (tertiary alicyclic amines) is 1. The summed E-state index contributed by atoms with van der Waals surface area (Å²) in [5.74, 6) is -0.837. The highest BCUT2D eigenvalue weighted by Gasteiger charge is 2.30. The third kappa shape index (κ3) is 4.24. The molecule has 5 nitrogen and oxygen atoms in total. The van der Waals surface area contributed by atoms with E-state index in [0.29, 0.717) is 6.54 Å². The van der Waals surface area contributed by atoms with Crippen LogP contribution >= 0.6 is 0 Å². The molecule has 0 aromatic heterocycles. The van der Waals surface area contributed by atoms with Crippen molar-refractivity contribution in [2.24, 2.45) is 0 Å². The van der Waals surface area contributed by atoms with Gasteiger partial charge in [0.25, 0.3) is 0 Å². The van der Waals surface area contributed by atoms with Crippen LogP contribution in [0.4, 0.5) is 4.79 Å². The molecule has 2 unspecified atom stereocenters. The molecule has 0 aliphatic carbocycles. The number of carbonyl (C=O) groups excluding carboxylic acids is 1. The van der Waals surface area contributed by atoms with Gasteiger partial charge in [-0.1, -0.05) is 13.3 Å². The highest BCUT2D eigenvalue weighted by Crippen LogP contribution is 2.20. The van der Waals surface area contributed by atoms with Gasteiger partial charge in [-0.3, -0.25) is 4.79 Å². The Bertz CT molecular complexity index is 281. The normalized spacial score (nSPS) is 21.3. The zero-order valence-corrected chi connectivity index (χ0v) is 10.6. The quantitative estimate of drug-likeness (QED) is 0.772. The van der Waals surface area contributed by atoms with Gasteiger partial charge in [0.15, 0.2) is 0 Å². The number of carboxylic acid groups (broad SMARTS) is 1. The molecule has 1 aliphatic heterocycles. The van der Waals surface area contributed by atoms with E-state index >= 15 is 0 Å². The summed E-state index contributed by atoms with van der Waals surface area (Å²) in [6.07, 6.45) is 3.72. The number of carbonyl (C=O) groups is 2. The Morgan fingerprint density at radius 2 is 2.24 bits per heavy atom. The fraction of sp³-hybridized carbons (Fsp3) is 0.833. The first-order valence-electron chi connectivity index (χ1n) is 6.33. The van der Waals surface area contributed by atoms with Crippen molar-refractivity contribution in [1.29, 1.82) is 0 Å². The highest BCUT2D eigenvalue weighted by atomic mass is 16.4. The van der Waals surface area contributed by atoms with Gasteiger partial charge in [-0.2, -0.15) is 0 Å². The number of aliphatic carboxylic acids is 1. The Kier molecular flexibility index (Phi) is 5.25. The number of carboxylic acids is 1. The van der Waals surface area contributed by atoms with Gasteiger partial charge in [0, 0.05) is 18.6 Å². The van der Waals surface area contributed by atoms with E-state index < -0.39 is 5.97 Å². The number of hydrogen-bond acceptors (Lipinski definition) is 2. The van der Waals surface area contributed by atoms with Gasteiger partial charge >= 0.3 is 12.0 Å². The second-order valence-corrected chi connectivity index (χ2v) is 4.73. The van der Waals surface area contributed by atoms with Crippen LogP contribution in [-0.4, -0.2) is 40.6 Å². The lowest BCUT2D eigenvalue weighted by Crippen LogP contribution is -2.46. The van der Waals surface area contributed by atoms with E-state index in [1.807, 2.05) is 6.92 Å². The summed E-state index contributed by atoms with van der Waals surface area (Å²) in [5.41, 5.74) is 0. The van der Waals surface area contributed by atoms with Crippen LogP contribution in [0, 0.1) is 0 Å². The van der Waals surface area contributed by atoms with Gasteiger partial charge in [-0.05, 0) is 26.2 Å². The summed E-state index contributed by atoms with van der Waals surface area (Å²) >= 11 is 0. The molecule has 1 rings (SSSR count). The molecule has 2 amide bonds. The average molecular weight is 242 g/mol. The van der Waals surface area contributed by atoms with Crippen molar-refractivity contribution in [3.8, 4) is 0 Å². The minimum atomic E-state index is -0.837. The first kappa shape index (κ1) is 13.8. The first-order valence-corrected chi connectivity index (χ1v) is 6.33. The zero-order chi connectivity index (χ0) is 12.8. The van der Waals surface area contributed by atoms with Gasteiger partial charge in [0.1, 0.15) is 0 Å². The number of urea groups is 1. The highest BCUT2D eigenvalue weighted by molar-refractivity contribution is 5.76. The van der Waals surface area contributed by atoms with Crippen molar-refractivity contribution in [1.82, 2.24) is 10.2 Å². The van der Waals surface area contributed by atoms with Gasteiger partial charge < -0.3 is 15.3 Å². The second kappa shape index (κ2) is 6.47. The molecule has 1 heterocycles. The van der Waals surface area contributed by atoms with E-state index in [9.17, 15) is 9.59 Å². The van der Waals surface area contributed by atoms with Crippen molar-refractivity contribution in [2.45, 2.75) is 58.0 Å². The Morgan fingerprint density at radius 3 is 2.82 bits per heavy atom. The van der Waals surface area contributed by atoms with E-state index in [2.05, 4.69) is 12.2 Å². The molecule has 0 aromatic rings. The van der Waals surface area contributed by atoms with Crippen LogP contribution in [0.3, 0.4) is 0 Å². The molecule has 98 valence electrons. The minimum absolute atomic E-state index is 0.0512. The molecule has 1 fully saturated rings. The Morgan fingerprint density at radius 1 is 1.53 bits per heavy atom. The number of rotatable bonds is 5. The monoisotopic (exact) mass is 242 g/mol. The summed E-state index contributed by atoms with van der Waals surface area (Å²) in [6.45, 7) is 4.72. The number of nitrogens with one attached hydrogen (secondary N) is 1. The maximum Gasteiger partial charge on any atom is 0.317 e. The lowest BCUT2D eigenvalue weighted by atomic mass is 10.1. The number of hydrogen-bond donors (Lipinski definition) is 2. The summed E-state index contributed by atoms with van der Waals surface area (Å²) in [7, 11) is 0. The molecule has 1 aliphatic rings. The SMILES string of the molecule is CCCC(C)NC(=O)N1CCCC1CC(=O)O. The lowest BCUT2D eigenvalue weighted by Gasteiger charge is -2.25. The minimum Gasteiger partial charge on any atom is -0.481 e. The van der Waals surface area contributed by atoms with Crippen molar-refractivity contribution in [3.63, 3.8) is 0 Å². The van der Waals surface area contributed by atoms with Crippen molar-refractivity contribution in [3.05, 3.63) is 0 Å². The van der Waals surface area contributed by atoms with Gasteiger partial charge in [0.05, 0.1) is 6.42 Å². The smallest absolute Gasteiger partial charge is 0.317 e. The molecular weight excluding hydrogens is 220 g/mol. The van der Waals surface area contributed by atoms with Crippen LogP contribution in [0.1, 0.15) is 46.0 Å². The lowest BCUT2D eigenvalue weighted by molar-refractivity contribution is -0.137. The van der Waals surface area contributed by atoms with E-state index in [-0.39, 0.29) is 24.5 Å². The third-order valence-corrected chi connectivity index (χ3v) is 3.14. The second-order valence-electron chi connectivity index (χ2n) is 4.73. The molecule has 0 radical (unpaired) electrons. The van der Waals surface area contributed by atoms with Crippen LogP contribution < -0.4 is 5.32 Å². The molecule has 1 saturated heterocycles. The Labute approximate surface area is 102 Å². The largest absolute Gasteiger partial charge is 0.481 e. The number of amides is 2. The van der Waals surface area contributed by atoms with Crippen LogP contribution in [0.25, 0.3) is 0 Å². The van der Waals surface area contributed by atoms with Crippen molar-refractivity contribution >= 4 is 12.0 Å².